The number of carbonyl (C=O) groups excluding carboxylic acids is 1. The lowest BCUT2D eigenvalue weighted by molar-refractivity contribution is -0.124. The third kappa shape index (κ3) is 3.21. The van der Waals surface area contributed by atoms with Crippen LogP contribution in [0.4, 0.5) is 0 Å². The molecule has 0 radical (unpaired) electrons. The van der Waals surface area contributed by atoms with Gasteiger partial charge in [-0.3, -0.25) is 4.79 Å². The van der Waals surface area contributed by atoms with E-state index in [-0.39, 0.29) is 18.0 Å². The van der Waals surface area contributed by atoms with Gasteiger partial charge in [0.2, 0.25) is 5.91 Å². The fourth-order valence-electron chi connectivity index (χ4n) is 2.61. The van der Waals surface area contributed by atoms with Crippen molar-refractivity contribution in [1.29, 1.82) is 0 Å². The third-order valence-corrected chi connectivity index (χ3v) is 3.94. The van der Waals surface area contributed by atoms with Crippen LogP contribution in [0.15, 0.2) is 0 Å². The molecule has 0 aromatic carbocycles. The molecule has 0 aliphatic carbocycles. The highest BCUT2D eigenvalue weighted by atomic mass is 16.2. The fourth-order valence-corrected chi connectivity index (χ4v) is 2.61. The van der Waals surface area contributed by atoms with Gasteiger partial charge >= 0.3 is 0 Å². The van der Waals surface area contributed by atoms with Crippen LogP contribution in [0, 0.1) is 11.8 Å². The van der Waals surface area contributed by atoms with Crippen molar-refractivity contribution in [2.45, 2.75) is 59.0 Å². The molecule has 1 aliphatic rings. The van der Waals surface area contributed by atoms with Crippen molar-refractivity contribution in [2.24, 2.45) is 11.8 Å². The Morgan fingerprint density at radius 3 is 2.50 bits per heavy atom. The van der Waals surface area contributed by atoms with Crippen molar-refractivity contribution in [1.82, 2.24) is 10.6 Å². The van der Waals surface area contributed by atoms with E-state index in [2.05, 4.69) is 38.3 Å². The van der Waals surface area contributed by atoms with E-state index < -0.39 is 0 Å². The fraction of sp³-hybridized carbons (Fsp3) is 0.923. The first-order chi connectivity index (χ1) is 7.60. The van der Waals surface area contributed by atoms with Gasteiger partial charge in [-0.2, -0.15) is 0 Å². The molecule has 16 heavy (non-hydrogen) atoms. The average molecular weight is 226 g/mol. The molecule has 0 aromatic rings. The molecule has 1 heterocycles. The van der Waals surface area contributed by atoms with Crippen molar-refractivity contribution in [2.75, 3.05) is 6.54 Å². The lowest BCUT2D eigenvalue weighted by atomic mass is 9.94. The van der Waals surface area contributed by atoms with Gasteiger partial charge < -0.3 is 10.6 Å². The van der Waals surface area contributed by atoms with Crippen LogP contribution in [0.1, 0.15) is 47.0 Å². The second-order valence-electron chi connectivity index (χ2n) is 5.07. The quantitative estimate of drug-likeness (QED) is 0.752. The summed E-state index contributed by atoms with van der Waals surface area (Å²) in [6, 6.07) is 0.314. The van der Waals surface area contributed by atoms with Crippen LogP contribution < -0.4 is 10.6 Å². The van der Waals surface area contributed by atoms with Gasteiger partial charge in [-0.15, -0.1) is 0 Å². The van der Waals surface area contributed by atoms with Crippen LogP contribution in [0.3, 0.4) is 0 Å². The number of hydrogen-bond donors (Lipinski definition) is 2. The summed E-state index contributed by atoms with van der Waals surface area (Å²) in [5.74, 6) is 1.25. The van der Waals surface area contributed by atoms with E-state index in [0.29, 0.717) is 11.8 Å². The Balaban J connectivity index is 2.44. The largest absolute Gasteiger partial charge is 0.352 e. The maximum Gasteiger partial charge on any atom is 0.237 e. The molecular formula is C13H26N2O. The first-order valence-corrected chi connectivity index (χ1v) is 6.63. The van der Waals surface area contributed by atoms with E-state index in [9.17, 15) is 4.79 Å². The number of amides is 1. The zero-order valence-corrected chi connectivity index (χ0v) is 11.0. The van der Waals surface area contributed by atoms with Crippen LogP contribution in [-0.4, -0.2) is 24.5 Å². The van der Waals surface area contributed by atoms with E-state index >= 15 is 0 Å². The Bertz CT molecular complexity index is 226. The van der Waals surface area contributed by atoms with Crippen molar-refractivity contribution < 1.29 is 4.79 Å². The summed E-state index contributed by atoms with van der Waals surface area (Å²) in [6.45, 7) is 9.61. The lowest BCUT2D eigenvalue weighted by Gasteiger charge is -2.25. The average Bonchev–Trinajstić information content (AvgIpc) is 2.66. The molecule has 0 bridgehead atoms. The minimum atomic E-state index is 0.0248. The molecule has 2 N–H and O–H groups in total. The number of carbonyl (C=O) groups is 1. The summed E-state index contributed by atoms with van der Waals surface area (Å²) in [7, 11) is 0. The summed E-state index contributed by atoms with van der Waals surface area (Å²) in [5, 5.41) is 6.43. The first kappa shape index (κ1) is 13.5. The molecule has 1 amide bonds. The maximum atomic E-state index is 12.0. The summed E-state index contributed by atoms with van der Waals surface area (Å²) >= 11 is 0. The highest BCUT2D eigenvalue weighted by Gasteiger charge is 2.30. The Labute approximate surface area is 99.4 Å². The van der Waals surface area contributed by atoms with Gasteiger partial charge in [-0.25, -0.2) is 0 Å². The lowest BCUT2D eigenvalue weighted by Crippen LogP contribution is -2.48. The van der Waals surface area contributed by atoms with Crippen LogP contribution >= 0.6 is 0 Å². The first-order valence-electron chi connectivity index (χ1n) is 6.63. The highest BCUT2D eigenvalue weighted by molar-refractivity contribution is 5.82. The summed E-state index contributed by atoms with van der Waals surface area (Å²) in [5.41, 5.74) is 0. The predicted octanol–water partition coefficient (Wildman–Crippen LogP) is 1.93. The van der Waals surface area contributed by atoms with Crippen molar-refractivity contribution in [3.05, 3.63) is 0 Å². The molecular weight excluding hydrogens is 200 g/mol. The molecule has 0 spiro atoms. The minimum Gasteiger partial charge on any atom is -0.352 e. The summed E-state index contributed by atoms with van der Waals surface area (Å²) < 4.78 is 0. The normalized spacial score (nSPS) is 27.1. The van der Waals surface area contributed by atoms with E-state index in [1.54, 1.807) is 0 Å². The van der Waals surface area contributed by atoms with Gasteiger partial charge in [0, 0.05) is 6.04 Å². The molecule has 3 nitrogen and oxygen atoms in total. The van der Waals surface area contributed by atoms with Crippen molar-refractivity contribution >= 4 is 5.91 Å². The molecule has 94 valence electrons. The second kappa shape index (κ2) is 6.24. The van der Waals surface area contributed by atoms with E-state index in [0.717, 1.165) is 25.8 Å². The van der Waals surface area contributed by atoms with Crippen molar-refractivity contribution in [3.8, 4) is 0 Å². The smallest absolute Gasteiger partial charge is 0.237 e. The number of hydrogen-bond acceptors (Lipinski definition) is 2. The second-order valence-corrected chi connectivity index (χ2v) is 5.07. The Kier molecular flexibility index (Phi) is 5.26. The Morgan fingerprint density at radius 2 is 2.06 bits per heavy atom. The molecule has 1 aliphatic heterocycles. The predicted molar refractivity (Wildman–Crippen MR) is 67.2 cm³/mol. The van der Waals surface area contributed by atoms with Gasteiger partial charge in [0.1, 0.15) is 0 Å². The topological polar surface area (TPSA) is 41.1 Å². The Morgan fingerprint density at radius 1 is 1.44 bits per heavy atom. The Hall–Kier alpha value is -0.570. The minimum absolute atomic E-state index is 0.0248. The monoisotopic (exact) mass is 226 g/mol. The van der Waals surface area contributed by atoms with Gasteiger partial charge in [-0.05, 0) is 31.7 Å². The van der Waals surface area contributed by atoms with Gasteiger partial charge in [-0.1, -0.05) is 33.6 Å². The van der Waals surface area contributed by atoms with Crippen molar-refractivity contribution in [3.63, 3.8) is 0 Å². The van der Waals surface area contributed by atoms with Gasteiger partial charge in [0.25, 0.3) is 0 Å². The third-order valence-electron chi connectivity index (χ3n) is 3.94. The van der Waals surface area contributed by atoms with E-state index in [1.165, 1.54) is 0 Å². The number of rotatable bonds is 5. The van der Waals surface area contributed by atoms with E-state index in [1.807, 2.05) is 0 Å². The summed E-state index contributed by atoms with van der Waals surface area (Å²) in [6.07, 6.45) is 3.37. The molecule has 1 saturated heterocycles. The summed E-state index contributed by atoms with van der Waals surface area (Å²) in [4.78, 5) is 12.0. The molecule has 1 rings (SSSR count). The molecule has 1 fully saturated rings. The van der Waals surface area contributed by atoms with Crippen LogP contribution in [0.25, 0.3) is 0 Å². The maximum absolute atomic E-state index is 12.0. The molecule has 3 atom stereocenters. The SMILES string of the molecule is CCC(CC)C(C)NC(=O)C1NCCC1C. The highest BCUT2D eigenvalue weighted by Crippen LogP contribution is 2.16. The van der Waals surface area contributed by atoms with Crippen LogP contribution in [-0.2, 0) is 4.79 Å². The molecule has 0 saturated carbocycles. The van der Waals surface area contributed by atoms with Gasteiger partial charge in [0.05, 0.1) is 6.04 Å². The number of nitrogens with one attached hydrogen (secondary N) is 2. The van der Waals surface area contributed by atoms with Crippen LogP contribution in [0.2, 0.25) is 0 Å². The molecule has 3 heteroatoms. The molecule has 0 aromatic heterocycles. The van der Waals surface area contributed by atoms with Crippen LogP contribution in [0.5, 0.6) is 0 Å². The molecule has 3 unspecified atom stereocenters. The zero-order valence-electron chi connectivity index (χ0n) is 11.0. The standard InChI is InChI=1S/C13H26N2O/c1-5-11(6-2)10(4)15-13(16)12-9(3)7-8-14-12/h9-12,14H,5-8H2,1-4H3,(H,15,16). The van der Waals surface area contributed by atoms with E-state index in [4.69, 9.17) is 0 Å². The van der Waals surface area contributed by atoms with Gasteiger partial charge in [0.15, 0.2) is 0 Å². The zero-order chi connectivity index (χ0) is 12.1.